The Morgan fingerprint density at radius 1 is 0.500 bits per heavy atom. The second-order valence-corrected chi connectivity index (χ2v) is 17.7. The summed E-state index contributed by atoms with van der Waals surface area (Å²) in [5.41, 5.74) is 6.02. The topological polar surface area (TPSA) is 47.6 Å². The molecule has 0 saturated carbocycles. The van der Waals surface area contributed by atoms with Crippen LogP contribution in [-0.2, 0) is 0 Å². The maximum absolute atomic E-state index is 9.41. The molecule has 0 amide bonds. The lowest BCUT2D eigenvalue weighted by atomic mass is 9.93. The molecule has 0 N–H and O–H groups in total. The molecule has 0 atom stereocenters. The summed E-state index contributed by atoms with van der Waals surface area (Å²) in [6, 6.07) is 20.6. The number of nitriles is 2. The highest BCUT2D eigenvalue weighted by Crippen LogP contribution is 2.66. The standard InChI is InChI=1S/C26H16N2S8/c27-13-15-1-5-17(6-2-15)19(21-33-23-24(34-21)30-10-9-29-23)20(18-7-3-16(14-28)4-8-18)22-35-25-26(36-22)32-12-11-31-25/h1-8H,9-12H2. The molecule has 0 aliphatic carbocycles. The molecule has 0 unspecified atom stereocenters. The van der Waals surface area contributed by atoms with Crippen LogP contribution in [0.25, 0.3) is 11.1 Å². The molecular weight excluding hydrogens is 597 g/mol. The Morgan fingerprint density at radius 3 is 1.08 bits per heavy atom. The van der Waals surface area contributed by atoms with Crippen LogP contribution in [0.2, 0.25) is 0 Å². The predicted molar refractivity (Wildman–Crippen MR) is 170 cm³/mol. The van der Waals surface area contributed by atoms with Crippen LogP contribution in [0, 0.1) is 22.7 Å². The van der Waals surface area contributed by atoms with E-state index in [1.54, 1.807) is 0 Å². The van der Waals surface area contributed by atoms with Gasteiger partial charge in [0.25, 0.3) is 0 Å². The van der Waals surface area contributed by atoms with E-state index >= 15 is 0 Å². The second-order valence-electron chi connectivity index (χ2n) is 7.66. The zero-order valence-corrected chi connectivity index (χ0v) is 25.1. The summed E-state index contributed by atoms with van der Waals surface area (Å²) >= 11 is 15.4. The fraction of sp³-hybridized carbons (Fsp3) is 0.154. The van der Waals surface area contributed by atoms with Gasteiger partial charge in [0.1, 0.15) is 0 Å². The zero-order chi connectivity index (χ0) is 24.5. The number of rotatable bonds is 3. The Kier molecular flexibility index (Phi) is 8.14. The fourth-order valence-electron chi connectivity index (χ4n) is 3.79. The highest BCUT2D eigenvalue weighted by Gasteiger charge is 2.33. The highest BCUT2D eigenvalue weighted by atomic mass is 32.3. The first kappa shape index (κ1) is 25.5. The molecule has 2 nitrogen and oxygen atoms in total. The molecule has 0 bridgehead atoms. The Bertz CT molecular complexity index is 1290. The molecule has 2 aromatic rings. The first-order valence-electron chi connectivity index (χ1n) is 10.9. The van der Waals surface area contributed by atoms with Gasteiger partial charge in [-0.3, -0.25) is 0 Å². The monoisotopic (exact) mass is 612 g/mol. The van der Waals surface area contributed by atoms with E-state index in [-0.39, 0.29) is 0 Å². The van der Waals surface area contributed by atoms with Crippen LogP contribution in [0.5, 0.6) is 0 Å². The van der Waals surface area contributed by atoms with Crippen molar-refractivity contribution in [2.24, 2.45) is 0 Å². The minimum absolute atomic E-state index is 0.667. The summed E-state index contributed by atoms with van der Waals surface area (Å²) in [4.78, 5) is 0. The Morgan fingerprint density at radius 2 is 0.806 bits per heavy atom. The van der Waals surface area contributed by atoms with Gasteiger partial charge in [0, 0.05) is 34.2 Å². The van der Waals surface area contributed by atoms with E-state index in [1.165, 1.54) is 36.6 Å². The number of hydrogen-bond donors (Lipinski definition) is 0. The van der Waals surface area contributed by atoms with Crippen molar-refractivity contribution < 1.29 is 0 Å². The van der Waals surface area contributed by atoms with Gasteiger partial charge >= 0.3 is 0 Å². The van der Waals surface area contributed by atoms with Crippen LogP contribution in [0.1, 0.15) is 22.3 Å². The van der Waals surface area contributed by atoms with Crippen LogP contribution in [0.3, 0.4) is 0 Å². The van der Waals surface area contributed by atoms with Gasteiger partial charge in [-0.25, -0.2) is 0 Å². The van der Waals surface area contributed by atoms with Crippen molar-refractivity contribution in [3.63, 3.8) is 0 Å². The molecule has 4 aliphatic rings. The van der Waals surface area contributed by atoms with Gasteiger partial charge in [-0.05, 0) is 35.4 Å². The van der Waals surface area contributed by atoms with Crippen molar-refractivity contribution >= 4 is 105 Å². The molecule has 10 heteroatoms. The summed E-state index contributed by atoms with van der Waals surface area (Å²) in [6.45, 7) is 0. The smallest absolute Gasteiger partial charge is 0.0991 e. The molecule has 0 saturated heterocycles. The van der Waals surface area contributed by atoms with Crippen LogP contribution in [0.4, 0.5) is 0 Å². The molecule has 178 valence electrons. The minimum atomic E-state index is 0.667. The zero-order valence-electron chi connectivity index (χ0n) is 18.6. The van der Waals surface area contributed by atoms with Crippen LogP contribution >= 0.6 is 94.1 Å². The average molecular weight is 613 g/mol. The summed E-state index contributed by atoms with van der Waals surface area (Å²) in [6.07, 6.45) is 0. The lowest BCUT2D eigenvalue weighted by Crippen LogP contribution is -1.95. The summed E-state index contributed by atoms with van der Waals surface area (Å²) < 4.78 is 8.25. The Balaban J connectivity index is 1.54. The number of nitrogens with zero attached hydrogens (tertiary/aromatic N) is 2. The van der Waals surface area contributed by atoms with Crippen molar-refractivity contribution in [1.29, 1.82) is 10.5 Å². The van der Waals surface area contributed by atoms with E-state index in [4.69, 9.17) is 0 Å². The van der Waals surface area contributed by atoms with Crippen molar-refractivity contribution in [1.82, 2.24) is 0 Å². The van der Waals surface area contributed by atoms with E-state index in [2.05, 4.69) is 36.4 Å². The molecule has 6 rings (SSSR count). The van der Waals surface area contributed by atoms with Gasteiger partial charge in [-0.2, -0.15) is 10.5 Å². The number of hydrogen-bond acceptors (Lipinski definition) is 10. The molecule has 4 heterocycles. The number of benzene rings is 2. The molecule has 4 aliphatic heterocycles. The lowest BCUT2D eigenvalue weighted by Gasteiger charge is -2.19. The molecule has 0 aromatic heterocycles. The largest absolute Gasteiger partial charge is 0.192 e. The van der Waals surface area contributed by atoms with Crippen LogP contribution in [0.15, 0.2) is 74.0 Å². The third-order valence-electron chi connectivity index (χ3n) is 5.44. The van der Waals surface area contributed by atoms with E-state index in [9.17, 15) is 10.5 Å². The first-order chi connectivity index (χ1) is 17.7. The third kappa shape index (κ3) is 5.21. The second kappa shape index (κ2) is 11.5. The number of thioether (sulfide) groups is 8. The normalized spacial score (nSPS) is 19.1. The van der Waals surface area contributed by atoms with Crippen LogP contribution < -0.4 is 0 Å². The van der Waals surface area contributed by atoms with Gasteiger partial charge in [0.2, 0.25) is 0 Å². The molecule has 36 heavy (non-hydrogen) atoms. The van der Waals surface area contributed by atoms with E-state index in [0.717, 1.165) is 34.1 Å². The van der Waals surface area contributed by atoms with E-state index < -0.39 is 0 Å². The Hall–Kier alpha value is -0.820. The summed E-state index contributed by atoms with van der Waals surface area (Å²) in [5, 5.41) is 18.8. The summed E-state index contributed by atoms with van der Waals surface area (Å²) in [7, 11) is 0. The van der Waals surface area contributed by atoms with Crippen LogP contribution in [-0.4, -0.2) is 23.0 Å². The lowest BCUT2D eigenvalue weighted by molar-refractivity contribution is 1.47. The first-order valence-corrected chi connectivity index (χ1v) is 18.2. The number of allylic oxidation sites excluding steroid dienone is 2. The van der Waals surface area contributed by atoms with Crippen molar-refractivity contribution in [3.05, 3.63) is 96.2 Å². The molecule has 0 fully saturated rings. The quantitative estimate of drug-likeness (QED) is 0.335. The van der Waals surface area contributed by atoms with Gasteiger partial charge < -0.3 is 0 Å². The average Bonchev–Trinajstić information content (AvgIpc) is 3.56. The Labute approximate surface area is 245 Å². The molecule has 0 radical (unpaired) electrons. The minimum Gasteiger partial charge on any atom is -0.192 e. The van der Waals surface area contributed by atoms with Crippen molar-refractivity contribution in [2.45, 2.75) is 0 Å². The highest BCUT2D eigenvalue weighted by molar-refractivity contribution is 8.42. The fourth-order valence-corrected chi connectivity index (χ4v) is 16.0. The summed E-state index contributed by atoms with van der Waals surface area (Å²) in [5.74, 6) is 4.60. The van der Waals surface area contributed by atoms with Gasteiger partial charge in [0.15, 0.2) is 0 Å². The van der Waals surface area contributed by atoms with E-state index in [1.807, 2.05) is 118 Å². The molecule has 0 spiro atoms. The van der Waals surface area contributed by atoms with Gasteiger partial charge in [-0.1, -0.05) is 71.3 Å². The van der Waals surface area contributed by atoms with Gasteiger partial charge in [0.05, 0.1) is 48.7 Å². The molecular formula is C26H16N2S8. The maximum atomic E-state index is 9.41. The third-order valence-corrected chi connectivity index (χ3v) is 17.0. The van der Waals surface area contributed by atoms with Crippen molar-refractivity contribution in [3.8, 4) is 12.1 Å². The predicted octanol–water partition coefficient (Wildman–Crippen LogP) is 9.64. The molecule has 2 aromatic carbocycles. The SMILES string of the molecule is N#Cc1ccc(C(=C2SC3=C(SCCS3)S2)C(=C2SC3=C(SCCS3)S2)c2ccc(C#N)cc2)cc1. The van der Waals surface area contributed by atoms with E-state index in [0.29, 0.717) is 11.1 Å². The van der Waals surface area contributed by atoms with Crippen molar-refractivity contribution in [2.75, 3.05) is 23.0 Å². The van der Waals surface area contributed by atoms with Gasteiger partial charge in [-0.15, -0.1) is 47.0 Å². The maximum Gasteiger partial charge on any atom is 0.0991 e.